The molecule has 0 aromatic heterocycles. The van der Waals surface area contributed by atoms with Crippen molar-refractivity contribution in [3.8, 4) is 0 Å². The molecule has 1 aliphatic carbocycles. The summed E-state index contributed by atoms with van der Waals surface area (Å²) in [6, 6.07) is 8.31. The molecule has 0 bridgehead atoms. The second-order valence-corrected chi connectivity index (χ2v) is 8.78. The third-order valence-electron chi connectivity index (χ3n) is 5.46. The summed E-state index contributed by atoms with van der Waals surface area (Å²) in [5, 5.41) is 9.61. The monoisotopic (exact) mass is 366 g/mol. The van der Waals surface area contributed by atoms with Crippen molar-refractivity contribution < 1.29 is 18.3 Å². The molecule has 1 N–H and O–H groups in total. The number of hydrogen-bond acceptors (Lipinski definition) is 3. The highest BCUT2D eigenvalue weighted by Gasteiger charge is 2.52. The quantitative estimate of drug-likeness (QED) is 0.839. The fourth-order valence-corrected chi connectivity index (χ4v) is 6.26. The van der Waals surface area contributed by atoms with Crippen LogP contribution in [0.5, 0.6) is 0 Å². The van der Waals surface area contributed by atoms with Gasteiger partial charge in [-0.3, -0.25) is 4.79 Å². The Morgan fingerprint density at radius 3 is 2.56 bits per heavy atom. The van der Waals surface area contributed by atoms with Gasteiger partial charge < -0.3 is 5.11 Å². The molecule has 1 saturated carbocycles. The second kappa shape index (κ2) is 7.43. The molecule has 1 saturated heterocycles. The Hall–Kier alpha value is -1.44. The summed E-state index contributed by atoms with van der Waals surface area (Å²) >= 11 is 0. The Bertz CT molecular complexity index is 707. The third kappa shape index (κ3) is 3.59. The highest BCUT2D eigenvalue weighted by atomic mass is 32.2. The molecule has 1 aromatic rings. The minimum absolute atomic E-state index is 0.167. The zero-order chi connectivity index (χ0) is 18.0. The molecule has 138 valence electrons. The van der Waals surface area contributed by atoms with Gasteiger partial charge in [-0.2, -0.15) is 17.0 Å². The lowest BCUT2D eigenvalue weighted by molar-refractivity contribution is -0.141. The largest absolute Gasteiger partial charge is 0.480 e. The molecule has 2 aliphatic rings. The van der Waals surface area contributed by atoms with E-state index < -0.39 is 22.2 Å². The van der Waals surface area contributed by atoms with E-state index in [1.165, 1.54) is 8.61 Å². The Kier molecular flexibility index (Phi) is 5.46. The molecule has 0 amide bonds. The predicted octanol–water partition coefficient (Wildman–Crippen LogP) is 2.47. The zero-order valence-corrected chi connectivity index (χ0v) is 15.4. The summed E-state index contributed by atoms with van der Waals surface area (Å²) in [6.45, 7) is 2.38. The first-order valence-electron chi connectivity index (χ1n) is 9.00. The van der Waals surface area contributed by atoms with Crippen LogP contribution in [0.25, 0.3) is 0 Å². The lowest BCUT2D eigenvalue weighted by Gasteiger charge is -2.35. The van der Waals surface area contributed by atoms with Gasteiger partial charge in [0.15, 0.2) is 0 Å². The van der Waals surface area contributed by atoms with E-state index in [-0.39, 0.29) is 18.5 Å². The van der Waals surface area contributed by atoms with E-state index in [1.807, 2.05) is 30.3 Å². The van der Waals surface area contributed by atoms with Crippen LogP contribution in [-0.2, 0) is 21.5 Å². The van der Waals surface area contributed by atoms with Gasteiger partial charge in [-0.05, 0) is 30.7 Å². The molecule has 1 aliphatic heterocycles. The Balaban J connectivity index is 1.90. The fraction of sp³-hybridized carbons (Fsp3) is 0.611. The van der Waals surface area contributed by atoms with Gasteiger partial charge in [-0.1, -0.05) is 50.1 Å². The fourth-order valence-electron chi connectivity index (χ4n) is 4.24. The number of aliphatic carboxylic acids is 1. The van der Waals surface area contributed by atoms with E-state index in [9.17, 15) is 18.3 Å². The maximum Gasteiger partial charge on any atom is 0.322 e. The van der Waals surface area contributed by atoms with Crippen molar-refractivity contribution in [1.29, 1.82) is 0 Å². The Morgan fingerprint density at radius 2 is 1.92 bits per heavy atom. The first kappa shape index (κ1) is 18.4. The van der Waals surface area contributed by atoms with Crippen LogP contribution in [0.4, 0.5) is 0 Å². The summed E-state index contributed by atoms with van der Waals surface area (Å²) < 4.78 is 29.4. The van der Waals surface area contributed by atoms with Crippen molar-refractivity contribution >= 4 is 16.2 Å². The summed E-state index contributed by atoms with van der Waals surface area (Å²) in [5.41, 5.74) is 0.902. The number of fused-ring (bicyclic) bond motifs is 1. The van der Waals surface area contributed by atoms with Crippen molar-refractivity contribution in [3.63, 3.8) is 0 Å². The average molecular weight is 366 g/mol. The maximum atomic E-state index is 13.3. The molecule has 1 aromatic carbocycles. The number of carbonyl (C=O) groups is 1. The SMILES string of the molecule is CCN(Cc1ccccc1)S(=O)(=O)N1C(C(=O)O)CC2CCCCC21. The third-order valence-corrected chi connectivity index (χ3v) is 7.56. The Morgan fingerprint density at radius 1 is 1.24 bits per heavy atom. The lowest BCUT2D eigenvalue weighted by atomic mass is 9.85. The highest BCUT2D eigenvalue weighted by molar-refractivity contribution is 7.86. The van der Waals surface area contributed by atoms with Crippen LogP contribution < -0.4 is 0 Å². The van der Waals surface area contributed by atoms with Crippen LogP contribution in [0.3, 0.4) is 0 Å². The topological polar surface area (TPSA) is 77.9 Å². The van der Waals surface area contributed by atoms with Gasteiger partial charge in [0, 0.05) is 19.1 Å². The van der Waals surface area contributed by atoms with E-state index in [4.69, 9.17) is 0 Å². The first-order chi connectivity index (χ1) is 11.9. The molecule has 2 fully saturated rings. The normalized spacial score (nSPS) is 27.4. The predicted molar refractivity (Wildman–Crippen MR) is 95.1 cm³/mol. The van der Waals surface area contributed by atoms with E-state index in [0.29, 0.717) is 13.0 Å². The Labute approximate surface area is 149 Å². The average Bonchev–Trinajstić information content (AvgIpc) is 3.01. The van der Waals surface area contributed by atoms with Crippen LogP contribution in [-0.4, -0.2) is 46.7 Å². The molecule has 1 heterocycles. The van der Waals surface area contributed by atoms with Crippen molar-refractivity contribution in [3.05, 3.63) is 35.9 Å². The summed E-state index contributed by atoms with van der Waals surface area (Å²) in [4.78, 5) is 11.7. The van der Waals surface area contributed by atoms with Gasteiger partial charge in [0.2, 0.25) is 0 Å². The van der Waals surface area contributed by atoms with Gasteiger partial charge in [0.25, 0.3) is 10.2 Å². The highest BCUT2D eigenvalue weighted by Crippen LogP contribution is 2.42. The molecule has 6 nitrogen and oxygen atoms in total. The zero-order valence-electron chi connectivity index (χ0n) is 14.5. The molecule has 3 atom stereocenters. The minimum atomic E-state index is -3.83. The van der Waals surface area contributed by atoms with Crippen LogP contribution in [0.2, 0.25) is 0 Å². The standard InChI is InChI=1S/C18H26N2O4S/c1-2-19(13-14-8-4-3-5-9-14)25(23,24)20-16-11-7-6-10-15(16)12-17(20)18(21)22/h3-5,8-9,15-17H,2,6-7,10-13H2,1H3,(H,21,22). The first-order valence-corrected chi connectivity index (χ1v) is 10.4. The van der Waals surface area contributed by atoms with Crippen molar-refractivity contribution in [2.75, 3.05) is 6.54 Å². The molecular formula is C18H26N2O4S. The van der Waals surface area contributed by atoms with Gasteiger partial charge in [-0.25, -0.2) is 0 Å². The van der Waals surface area contributed by atoms with E-state index in [0.717, 1.165) is 31.2 Å². The number of carboxylic acids is 1. The van der Waals surface area contributed by atoms with Crippen LogP contribution in [0.15, 0.2) is 30.3 Å². The van der Waals surface area contributed by atoms with Crippen LogP contribution in [0.1, 0.15) is 44.6 Å². The lowest BCUT2D eigenvalue weighted by Crippen LogP contribution is -2.52. The van der Waals surface area contributed by atoms with Gasteiger partial charge in [0.05, 0.1) is 0 Å². The van der Waals surface area contributed by atoms with E-state index >= 15 is 0 Å². The molecule has 0 spiro atoms. The van der Waals surface area contributed by atoms with Crippen molar-refractivity contribution in [2.24, 2.45) is 5.92 Å². The number of rotatable bonds is 6. The molecule has 3 rings (SSSR count). The van der Waals surface area contributed by atoms with E-state index in [1.54, 1.807) is 6.92 Å². The molecular weight excluding hydrogens is 340 g/mol. The molecule has 3 unspecified atom stereocenters. The molecule has 0 radical (unpaired) electrons. The minimum Gasteiger partial charge on any atom is -0.480 e. The summed E-state index contributed by atoms with van der Waals surface area (Å²) in [6.07, 6.45) is 4.14. The van der Waals surface area contributed by atoms with Crippen LogP contribution >= 0.6 is 0 Å². The number of carboxylic acid groups (broad SMARTS) is 1. The summed E-state index contributed by atoms with van der Waals surface area (Å²) in [7, 11) is -3.83. The number of benzene rings is 1. The number of nitrogens with zero attached hydrogens (tertiary/aromatic N) is 2. The van der Waals surface area contributed by atoms with Crippen LogP contribution in [0, 0.1) is 5.92 Å². The molecule has 7 heteroatoms. The second-order valence-electron chi connectivity index (χ2n) is 6.95. The van der Waals surface area contributed by atoms with E-state index in [2.05, 4.69) is 0 Å². The maximum absolute atomic E-state index is 13.3. The van der Waals surface area contributed by atoms with Crippen molar-refractivity contribution in [1.82, 2.24) is 8.61 Å². The van der Waals surface area contributed by atoms with Crippen molar-refractivity contribution in [2.45, 2.75) is 57.7 Å². The summed E-state index contributed by atoms with van der Waals surface area (Å²) in [5.74, 6) is -0.867. The smallest absolute Gasteiger partial charge is 0.322 e. The van der Waals surface area contributed by atoms with Gasteiger partial charge >= 0.3 is 5.97 Å². The van der Waals surface area contributed by atoms with Gasteiger partial charge in [-0.15, -0.1) is 0 Å². The molecule has 25 heavy (non-hydrogen) atoms. The number of hydrogen-bond donors (Lipinski definition) is 1. The van der Waals surface area contributed by atoms with Gasteiger partial charge in [0.1, 0.15) is 6.04 Å².